The number of aliphatic carboxylic acids is 1. The fourth-order valence-corrected chi connectivity index (χ4v) is 4.26. The summed E-state index contributed by atoms with van der Waals surface area (Å²) in [5, 5.41) is 15.5. The fraction of sp³-hybridized carbons (Fsp3) is 0.286. The number of aryl methyl sites for hydroxylation is 1. The highest BCUT2D eigenvalue weighted by Crippen LogP contribution is 2.34. The van der Waals surface area contributed by atoms with Crippen molar-refractivity contribution in [3.05, 3.63) is 70.3 Å². The van der Waals surface area contributed by atoms with Gasteiger partial charge in [-0.1, -0.05) is 30.3 Å². The summed E-state index contributed by atoms with van der Waals surface area (Å²) >= 11 is 0. The van der Waals surface area contributed by atoms with Crippen molar-refractivity contribution in [3.8, 4) is 11.1 Å². The smallest absolute Gasteiger partial charge is 0.339 e. The van der Waals surface area contributed by atoms with Crippen LogP contribution in [0.5, 0.6) is 0 Å². The monoisotopic (exact) mass is 504 g/mol. The molecule has 3 N–H and O–H groups in total. The van der Waals surface area contributed by atoms with Gasteiger partial charge in [0.2, 0.25) is 11.8 Å². The van der Waals surface area contributed by atoms with E-state index in [-0.39, 0.29) is 31.7 Å². The molecular weight excluding hydrogens is 476 g/mol. The summed E-state index contributed by atoms with van der Waals surface area (Å²) in [5.74, 6) is -1.72. The first-order valence-corrected chi connectivity index (χ1v) is 12.1. The Balaban J connectivity index is 1.47. The summed E-state index contributed by atoms with van der Waals surface area (Å²) in [6.07, 6.45) is 2.08. The minimum absolute atomic E-state index is 0.00302. The molecule has 0 fully saturated rings. The molecule has 0 aliphatic rings. The van der Waals surface area contributed by atoms with Gasteiger partial charge in [-0.2, -0.15) is 0 Å². The summed E-state index contributed by atoms with van der Waals surface area (Å²) in [6.45, 7) is 3.58. The van der Waals surface area contributed by atoms with E-state index in [1.807, 2.05) is 43.3 Å². The first kappa shape index (κ1) is 25.7. The number of hydrogen-bond acceptors (Lipinski definition) is 6. The van der Waals surface area contributed by atoms with Gasteiger partial charge >= 0.3 is 11.6 Å². The molecule has 0 saturated heterocycles. The molecule has 192 valence electrons. The maximum absolute atomic E-state index is 12.7. The Hall–Kier alpha value is -4.40. The largest absolute Gasteiger partial charge is 0.481 e. The number of nitrogens with one attached hydrogen (secondary N) is 2. The fourth-order valence-electron chi connectivity index (χ4n) is 4.26. The van der Waals surface area contributed by atoms with E-state index in [0.717, 1.165) is 27.5 Å². The first-order chi connectivity index (χ1) is 17.7. The van der Waals surface area contributed by atoms with Gasteiger partial charge < -0.3 is 24.6 Å². The third kappa shape index (κ3) is 5.88. The molecular formula is C28H28N2O7. The van der Waals surface area contributed by atoms with Gasteiger partial charge in [-0.25, -0.2) is 4.79 Å². The van der Waals surface area contributed by atoms with Gasteiger partial charge in [0.05, 0.1) is 6.26 Å². The van der Waals surface area contributed by atoms with Gasteiger partial charge in [-0.05, 0) is 43.9 Å². The Morgan fingerprint density at radius 3 is 2.51 bits per heavy atom. The zero-order valence-electron chi connectivity index (χ0n) is 20.6. The zero-order valence-corrected chi connectivity index (χ0v) is 20.6. The summed E-state index contributed by atoms with van der Waals surface area (Å²) in [6, 6.07) is 12.7. The first-order valence-electron chi connectivity index (χ1n) is 12.1. The second kappa shape index (κ2) is 11.1. The molecule has 9 heteroatoms. The Morgan fingerprint density at radius 1 is 1.03 bits per heavy atom. The minimum atomic E-state index is -0.935. The maximum Gasteiger partial charge on any atom is 0.339 e. The van der Waals surface area contributed by atoms with E-state index in [2.05, 4.69) is 10.6 Å². The number of benzene rings is 2. The number of carboxylic acids is 1. The second-order valence-corrected chi connectivity index (χ2v) is 8.93. The molecule has 4 rings (SSSR count). The molecule has 1 unspecified atom stereocenters. The number of furan rings is 1. The van der Waals surface area contributed by atoms with Crippen LogP contribution in [0.3, 0.4) is 0 Å². The molecule has 0 aliphatic carbocycles. The van der Waals surface area contributed by atoms with Gasteiger partial charge in [0.25, 0.3) is 0 Å². The molecule has 2 heterocycles. The molecule has 2 aromatic carbocycles. The molecule has 1 atom stereocenters. The highest BCUT2D eigenvalue weighted by atomic mass is 16.4. The average Bonchev–Trinajstić information content (AvgIpc) is 3.28. The Bertz CT molecular complexity index is 1520. The number of carbonyl (C=O) groups is 3. The number of fused-ring (bicyclic) bond motifs is 2. The average molecular weight is 505 g/mol. The van der Waals surface area contributed by atoms with E-state index in [0.29, 0.717) is 23.2 Å². The van der Waals surface area contributed by atoms with Crippen LogP contribution >= 0.6 is 0 Å². The van der Waals surface area contributed by atoms with Crippen molar-refractivity contribution in [1.29, 1.82) is 0 Å². The van der Waals surface area contributed by atoms with E-state index >= 15 is 0 Å². The van der Waals surface area contributed by atoms with Crippen molar-refractivity contribution in [2.75, 3.05) is 6.54 Å². The van der Waals surface area contributed by atoms with Crippen molar-refractivity contribution in [2.45, 2.75) is 45.6 Å². The number of carbonyl (C=O) groups excluding carboxylic acids is 2. The topological polar surface area (TPSA) is 139 Å². The van der Waals surface area contributed by atoms with E-state index in [1.165, 1.54) is 0 Å². The third-order valence-corrected chi connectivity index (χ3v) is 6.31. The van der Waals surface area contributed by atoms with Gasteiger partial charge in [0.1, 0.15) is 17.2 Å². The lowest BCUT2D eigenvalue weighted by molar-refractivity contribution is -0.137. The molecule has 4 aromatic rings. The van der Waals surface area contributed by atoms with Gasteiger partial charge in [-0.15, -0.1) is 0 Å². The standard InChI is InChI=1S/C28H28N2O7/c1-16-19(10-11-25(31)30-17(2)27(34)29-12-6-9-26(32)33)28(35)37-24-14-23-21(13-20(16)24)22(15-36-23)18-7-4-3-5-8-18/h3-5,7-8,13-15,17H,6,9-12H2,1-2H3,(H,29,34)(H,30,31)(H,32,33). The Labute approximate surface area is 212 Å². The van der Waals surface area contributed by atoms with Crippen LogP contribution in [0.25, 0.3) is 33.1 Å². The van der Waals surface area contributed by atoms with Crippen molar-refractivity contribution in [1.82, 2.24) is 10.6 Å². The Morgan fingerprint density at radius 2 is 1.78 bits per heavy atom. The summed E-state index contributed by atoms with van der Waals surface area (Å²) in [4.78, 5) is 47.9. The maximum atomic E-state index is 12.7. The molecule has 0 bridgehead atoms. The molecule has 2 aromatic heterocycles. The van der Waals surface area contributed by atoms with Crippen LogP contribution in [-0.2, 0) is 20.8 Å². The third-order valence-electron chi connectivity index (χ3n) is 6.31. The number of rotatable bonds is 10. The SMILES string of the molecule is Cc1c(CCC(=O)NC(C)C(=O)NCCCC(=O)O)c(=O)oc2cc3occ(-c4ccccc4)c3cc12. The number of carboxylic acid groups (broad SMARTS) is 1. The van der Waals surface area contributed by atoms with E-state index in [1.54, 1.807) is 19.3 Å². The summed E-state index contributed by atoms with van der Waals surface area (Å²) in [7, 11) is 0. The molecule has 0 aliphatic heterocycles. The predicted octanol–water partition coefficient (Wildman–Crippen LogP) is 3.93. The Kier molecular flexibility index (Phi) is 7.71. The number of amides is 2. The van der Waals surface area contributed by atoms with Crippen LogP contribution in [0, 0.1) is 6.92 Å². The van der Waals surface area contributed by atoms with E-state index in [4.69, 9.17) is 13.9 Å². The van der Waals surface area contributed by atoms with Crippen LogP contribution in [0.4, 0.5) is 0 Å². The minimum Gasteiger partial charge on any atom is -0.481 e. The van der Waals surface area contributed by atoms with Crippen molar-refractivity contribution >= 4 is 39.7 Å². The lowest BCUT2D eigenvalue weighted by Gasteiger charge is -2.14. The normalized spacial score (nSPS) is 11.9. The molecule has 0 spiro atoms. The van der Waals surface area contributed by atoms with Crippen molar-refractivity contribution in [3.63, 3.8) is 0 Å². The van der Waals surface area contributed by atoms with Gasteiger partial charge in [0.15, 0.2) is 0 Å². The number of hydrogen-bond donors (Lipinski definition) is 3. The van der Waals surface area contributed by atoms with Crippen LogP contribution in [0.1, 0.15) is 37.3 Å². The lowest BCUT2D eigenvalue weighted by Crippen LogP contribution is -2.45. The van der Waals surface area contributed by atoms with E-state index in [9.17, 15) is 19.2 Å². The van der Waals surface area contributed by atoms with Crippen molar-refractivity contribution < 1.29 is 28.3 Å². The highest BCUT2D eigenvalue weighted by Gasteiger charge is 2.19. The highest BCUT2D eigenvalue weighted by molar-refractivity contribution is 6.02. The second-order valence-electron chi connectivity index (χ2n) is 8.93. The lowest BCUT2D eigenvalue weighted by atomic mass is 9.99. The van der Waals surface area contributed by atoms with Crippen LogP contribution < -0.4 is 16.3 Å². The summed E-state index contributed by atoms with van der Waals surface area (Å²) < 4.78 is 11.3. The molecule has 0 radical (unpaired) electrons. The quantitative estimate of drug-likeness (QED) is 0.220. The molecule has 2 amide bonds. The van der Waals surface area contributed by atoms with E-state index < -0.39 is 23.5 Å². The predicted molar refractivity (Wildman–Crippen MR) is 138 cm³/mol. The van der Waals surface area contributed by atoms with Gasteiger partial charge in [-0.3, -0.25) is 14.4 Å². The van der Waals surface area contributed by atoms with Crippen LogP contribution in [-0.4, -0.2) is 35.5 Å². The van der Waals surface area contributed by atoms with Crippen molar-refractivity contribution in [2.24, 2.45) is 0 Å². The van der Waals surface area contributed by atoms with Gasteiger partial charge in [0, 0.05) is 47.4 Å². The molecule has 37 heavy (non-hydrogen) atoms. The van der Waals surface area contributed by atoms with Crippen LogP contribution in [0.2, 0.25) is 0 Å². The zero-order chi connectivity index (χ0) is 26.5. The summed E-state index contributed by atoms with van der Waals surface area (Å²) in [5.41, 5.74) is 3.56. The molecule has 9 nitrogen and oxygen atoms in total. The van der Waals surface area contributed by atoms with Crippen LogP contribution in [0.15, 0.2) is 62.4 Å². The molecule has 0 saturated carbocycles.